The Kier molecular flexibility index (Phi) is 13.8. The molecule has 0 unspecified atom stereocenters. The van der Waals surface area contributed by atoms with Crippen LogP contribution in [0.5, 0.6) is 0 Å². The summed E-state index contributed by atoms with van der Waals surface area (Å²) in [5.41, 5.74) is 0. The quantitative estimate of drug-likeness (QED) is 0.381. The molecule has 122 valence electrons. The van der Waals surface area contributed by atoms with E-state index in [4.69, 9.17) is 14.6 Å². The predicted octanol–water partition coefficient (Wildman–Crippen LogP) is 4.38. The average Bonchev–Trinajstić information content (AvgIpc) is 2.37. The van der Waals surface area contributed by atoms with Gasteiger partial charge in [-0.15, -0.1) is 0 Å². The summed E-state index contributed by atoms with van der Waals surface area (Å²) >= 11 is 0. The molecule has 0 aliphatic rings. The fourth-order valence-electron chi connectivity index (χ4n) is 2.06. The summed E-state index contributed by atoms with van der Waals surface area (Å²) in [6, 6.07) is 0. The number of aliphatic hydroxyl groups excluding tert-OH is 1. The van der Waals surface area contributed by atoms with E-state index in [0.29, 0.717) is 6.42 Å². The molecule has 3 nitrogen and oxygen atoms in total. The molecule has 0 rings (SSSR count). The van der Waals surface area contributed by atoms with E-state index in [9.17, 15) is 0 Å². The molecule has 1 N–H and O–H groups in total. The van der Waals surface area contributed by atoms with Gasteiger partial charge in [-0.1, -0.05) is 53.4 Å². The summed E-state index contributed by atoms with van der Waals surface area (Å²) in [4.78, 5) is 0. The highest BCUT2D eigenvalue weighted by Gasteiger charge is 2.08. The largest absolute Gasteiger partial charge is 0.396 e. The molecule has 0 aromatic rings. The van der Waals surface area contributed by atoms with Crippen molar-refractivity contribution >= 4 is 0 Å². The smallest absolute Gasteiger partial charge is 0.159 e. The number of aliphatic hydroxyl groups is 1. The molecule has 0 fully saturated rings. The van der Waals surface area contributed by atoms with Crippen LogP contribution < -0.4 is 0 Å². The molecule has 0 heterocycles. The number of rotatable bonds is 14. The molecule has 0 atom stereocenters. The third kappa shape index (κ3) is 14.3. The van der Waals surface area contributed by atoms with E-state index in [1.54, 1.807) is 0 Å². The van der Waals surface area contributed by atoms with E-state index in [0.717, 1.165) is 37.9 Å². The molecule has 3 heteroatoms. The van der Waals surface area contributed by atoms with Gasteiger partial charge in [-0.25, -0.2) is 0 Å². The van der Waals surface area contributed by atoms with Crippen molar-refractivity contribution in [1.82, 2.24) is 0 Å². The van der Waals surface area contributed by atoms with Crippen LogP contribution >= 0.6 is 0 Å². The molecular weight excluding hydrogens is 252 g/mol. The summed E-state index contributed by atoms with van der Waals surface area (Å²) in [6.07, 6.45) is 7.43. The Morgan fingerprint density at radius 3 is 1.50 bits per heavy atom. The van der Waals surface area contributed by atoms with E-state index >= 15 is 0 Å². The van der Waals surface area contributed by atoms with Crippen LogP contribution in [0, 0.1) is 11.8 Å². The number of hydrogen-bond donors (Lipinski definition) is 1. The van der Waals surface area contributed by atoms with E-state index in [1.807, 2.05) is 0 Å². The molecule has 0 aromatic carbocycles. The molecule has 0 aliphatic carbocycles. The van der Waals surface area contributed by atoms with Crippen LogP contribution in [-0.4, -0.2) is 31.2 Å². The molecule has 0 amide bonds. The zero-order valence-corrected chi connectivity index (χ0v) is 14.1. The van der Waals surface area contributed by atoms with Gasteiger partial charge < -0.3 is 14.6 Å². The van der Waals surface area contributed by atoms with E-state index < -0.39 is 0 Å². The molecule has 0 aromatic heterocycles. The second-order valence-corrected chi connectivity index (χ2v) is 6.46. The Labute approximate surface area is 126 Å². The van der Waals surface area contributed by atoms with Crippen LogP contribution in [0.4, 0.5) is 0 Å². The highest BCUT2D eigenvalue weighted by Crippen LogP contribution is 2.10. The predicted molar refractivity (Wildman–Crippen MR) is 84.8 cm³/mol. The Bertz CT molecular complexity index is 175. The van der Waals surface area contributed by atoms with E-state index in [-0.39, 0.29) is 12.9 Å². The first kappa shape index (κ1) is 19.9. The van der Waals surface area contributed by atoms with Gasteiger partial charge in [0.05, 0.1) is 0 Å². The average molecular weight is 288 g/mol. The van der Waals surface area contributed by atoms with Crippen molar-refractivity contribution in [3.63, 3.8) is 0 Å². The number of unbranched alkanes of at least 4 members (excludes halogenated alkanes) is 2. The van der Waals surface area contributed by atoms with Gasteiger partial charge in [-0.3, -0.25) is 0 Å². The normalized spacial score (nSPS) is 12.0. The SMILES string of the molecule is CC(C)CCCCOC(CCO)OCCCCC(C)C. The molecule has 0 aliphatic heterocycles. The first-order valence-electron chi connectivity index (χ1n) is 8.40. The lowest BCUT2D eigenvalue weighted by molar-refractivity contribution is -0.151. The van der Waals surface area contributed by atoms with Crippen molar-refractivity contribution in [3.8, 4) is 0 Å². The minimum atomic E-state index is -0.224. The van der Waals surface area contributed by atoms with Crippen LogP contribution in [0.15, 0.2) is 0 Å². The fourth-order valence-corrected chi connectivity index (χ4v) is 2.06. The van der Waals surface area contributed by atoms with Gasteiger partial charge in [0, 0.05) is 26.2 Å². The van der Waals surface area contributed by atoms with Crippen molar-refractivity contribution in [2.75, 3.05) is 19.8 Å². The minimum absolute atomic E-state index is 0.128. The lowest BCUT2D eigenvalue weighted by Gasteiger charge is -2.18. The summed E-state index contributed by atoms with van der Waals surface area (Å²) in [5, 5.41) is 9.03. The Morgan fingerprint density at radius 1 is 0.700 bits per heavy atom. The van der Waals surface area contributed by atoms with Gasteiger partial charge in [0.15, 0.2) is 6.29 Å². The molecule has 0 spiro atoms. The summed E-state index contributed by atoms with van der Waals surface area (Å²) in [5.74, 6) is 1.53. The van der Waals surface area contributed by atoms with Crippen molar-refractivity contribution in [1.29, 1.82) is 0 Å². The van der Waals surface area contributed by atoms with Crippen molar-refractivity contribution < 1.29 is 14.6 Å². The molecular formula is C17H36O3. The first-order valence-corrected chi connectivity index (χ1v) is 8.40. The lowest BCUT2D eigenvalue weighted by Crippen LogP contribution is -2.20. The molecule has 0 saturated carbocycles. The van der Waals surface area contributed by atoms with Gasteiger partial charge >= 0.3 is 0 Å². The monoisotopic (exact) mass is 288 g/mol. The summed E-state index contributed by atoms with van der Waals surface area (Å²) in [6.45, 7) is 10.6. The topological polar surface area (TPSA) is 38.7 Å². The van der Waals surface area contributed by atoms with Crippen molar-refractivity contribution in [2.24, 2.45) is 11.8 Å². The fraction of sp³-hybridized carbons (Fsp3) is 1.00. The second kappa shape index (κ2) is 13.8. The third-order valence-corrected chi connectivity index (χ3v) is 3.32. The zero-order valence-electron chi connectivity index (χ0n) is 14.1. The van der Waals surface area contributed by atoms with Crippen molar-refractivity contribution in [2.45, 2.75) is 78.9 Å². The molecule has 20 heavy (non-hydrogen) atoms. The molecule has 0 bridgehead atoms. The van der Waals surface area contributed by atoms with E-state index in [1.165, 1.54) is 25.7 Å². The number of hydrogen-bond acceptors (Lipinski definition) is 3. The maximum Gasteiger partial charge on any atom is 0.159 e. The maximum absolute atomic E-state index is 9.03. The van der Waals surface area contributed by atoms with Gasteiger partial charge in [0.25, 0.3) is 0 Å². The Balaban J connectivity index is 3.55. The maximum atomic E-state index is 9.03. The highest BCUT2D eigenvalue weighted by atomic mass is 16.7. The van der Waals surface area contributed by atoms with Gasteiger partial charge in [0.2, 0.25) is 0 Å². The summed E-state index contributed by atoms with van der Waals surface area (Å²) in [7, 11) is 0. The molecule has 0 saturated heterocycles. The zero-order chi connectivity index (χ0) is 15.2. The second-order valence-electron chi connectivity index (χ2n) is 6.46. The van der Waals surface area contributed by atoms with Crippen LogP contribution in [0.2, 0.25) is 0 Å². The van der Waals surface area contributed by atoms with Crippen LogP contribution in [0.1, 0.15) is 72.6 Å². The standard InChI is InChI=1S/C17H36O3/c1-15(2)9-5-7-13-19-17(11-12-18)20-14-8-6-10-16(3)4/h15-18H,5-14H2,1-4H3. The van der Waals surface area contributed by atoms with E-state index in [2.05, 4.69) is 27.7 Å². The van der Waals surface area contributed by atoms with Crippen molar-refractivity contribution in [3.05, 3.63) is 0 Å². The van der Waals surface area contributed by atoms with Gasteiger partial charge in [-0.2, -0.15) is 0 Å². The number of ether oxygens (including phenoxy) is 2. The van der Waals surface area contributed by atoms with Crippen LogP contribution in [0.25, 0.3) is 0 Å². The Morgan fingerprint density at radius 2 is 1.15 bits per heavy atom. The third-order valence-electron chi connectivity index (χ3n) is 3.32. The Hall–Kier alpha value is -0.120. The molecule has 0 radical (unpaired) electrons. The van der Waals surface area contributed by atoms with Gasteiger partial charge in [0.1, 0.15) is 0 Å². The summed E-state index contributed by atoms with van der Waals surface area (Å²) < 4.78 is 11.4. The lowest BCUT2D eigenvalue weighted by atomic mass is 10.1. The highest BCUT2D eigenvalue weighted by molar-refractivity contribution is 4.50. The van der Waals surface area contributed by atoms with Crippen LogP contribution in [0.3, 0.4) is 0 Å². The van der Waals surface area contributed by atoms with Crippen LogP contribution in [-0.2, 0) is 9.47 Å². The van der Waals surface area contributed by atoms with Gasteiger partial charge in [-0.05, 0) is 24.7 Å². The minimum Gasteiger partial charge on any atom is -0.396 e. The first-order chi connectivity index (χ1) is 9.56.